The number of benzene rings is 2. The van der Waals surface area contributed by atoms with Crippen LogP contribution in [0.4, 0.5) is 11.4 Å². The molecule has 0 saturated heterocycles. The molecule has 0 amide bonds. The van der Waals surface area contributed by atoms with Gasteiger partial charge < -0.3 is 10.2 Å². The van der Waals surface area contributed by atoms with Crippen molar-refractivity contribution in [3.05, 3.63) is 59.7 Å². The van der Waals surface area contributed by atoms with Gasteiger partial charge in [0.2, 0.25) is 5.96 Å². The summed E-state index contributed by atoms with van der Waals surface area (Å²) in [6, 6.07) is 17.6. The van der Waals surface area contributed by atoms with Crippen LogP contribution in [0.5, 0.6) is 0 Å². The van der Waals surface area contributed by atoms with E-state index in [4.69, 9.17) is 4.99 Å². The van der Waals surface area contributed by atoms with E-state index in [0.29, 0.717) is 6.04 Å². The zero-order chi connectivity index (χ0) is 18.4. The van der Waals surface area contributed by atoms with Crippen molar-refractivity contribution in [2.75, 3.05) is 10.2 Å². The van der Waals surface area contributed by atoms with Gasteiger partial charge in [0, 0.05) is 23.5 Å². The number of nitrogens with one attached hydrogen (secondary N) is 1. The van der Waals surface area contributed by atoms with E-state index in [9.17, 15) is 0 Å². The quantitative estimate of drug-likeness (QED) is 0.564. The fraction of sp³-hybridized carbons (Fsp3) is 0.409. The lowest BCUT2D eigenvalue weighted by molar-refractivity contribution is 0.778. The second-order valence-corrected chi connectivity index (χ2v) is 7.03. The number of aryl methyl sites for hydroxylation is 2. The molecule has 0 unspecified atom stereocenters. The molecule has 3 heteroatoms. The van der Waals surface area contributed by atoms with E-state index in [-0.39, 0.29) is 6.04 Å². The number of hydrogen-bond donors (Lipinski definition) is 1. The van der Waals surface area contributed by atoms with Crippen molar-refractivity contribution in [1.82, 2.24) is 0 Å². The molecule has 0 aliphatic heterocycles. The zero-order valence-electron chi connectivity index (χ0n) is 16.4. The van der Waals surface area contributed by atoms with Crippen molar-refractivity contribution in [3.63, 3.8) is 0 Å². The molecule has 0 fully saturated rings. The van der Waals surface area contributed by atoms with Crippen molar-refractivity contribution >= 4 is 17.3 Å². The molecular weight excluding hydrogens is 306 g/mol. The normalized spacial score (nSPS) is 11.9. The van der Waals surface area contributed by atoms with Crippen LogP contribution in [0.15, 0.2) is 53.5 Å². The average molecular weight is 338 g/mol. The number of nitrogens with zero attached hydrogens (tertiary/aromatic N) is 2. The molecule has 0 atom stereocenters. The first-order chi connectivity index (χ1) is 11.9. The third-order valence-electron chi connectivity index (χ3n) is 4.00. The van der Waals surface area contributed by atoms with Gasteiger partial charge in [-0.15, -0.1) is 0 Å². The van der Waals surface area contributed by atoms with Crippen LogP contribution in [0.2, 0.25) is 0 Å². The summed E-state index contributed by atoms with van der Waals surface area (Å²) in [4.78, 5) is 7.17. The molecule has 3 nitrogen and oxygen atoms in total. The predicted molar refractivity (Wildman–Crippen MR) is 111 cm³/mol. The first-order valence-electron chi connectivity index (χ1n) is 9.20. The molecule has 2 rings (SSSR count). The highest BCUT2D eigenvalue weighted by Crippen LogP contribution is 2.22. The smallest absolute Gasteiger partial charge is 0.203 e. The van der Waals surface area contributed by atoms with Gasteiger partial charge in [-0.25, -0.2) is 4.99 Å². The van der Waals surface area contributed by atoms with Gasteiger partial charge in [-0.05, 0) is 76.4 Å². The molecule has 2 aromatic rings. The summed E-state index contributed by atoms with van der Waals surface area (Å²) >= 11 is 0. The number of anilines is 2. The number of guanidine groups is 1. The van der Waals surface area contributed by atoms with E-state index >= 15 is 0 Å². The summed E-state index contributed by atoms with van der Waals surface area (Å²) in [5.41, 5.74) is 4.81. The Morgan fingerprint density at radius 3 is 2.36 bits per heavy atom. The van der Waals surface area contributed by atoms with Crippen LogP contribution < -0.4 is 10.2 Å². The lowest BCUT2D eigenvalue weighted by atomic mass is 10.1. The van der Waals surface area contributed by atoms with E-state index in [0.717, 1.165) is 18.1 Å². The highest BCUT2D eigenvalue weighted by atomic mass is 15.3. The molecule has 2 aromatic carbocycles. The van der Waals surface area contributed by atoms with Gasteiger partial charge in [0.05, 0.1) is 0 Å². The van der Waals surface area contributed by atoms with E-state index in [1.54, 1.807) is 0 Å². The summed E-state index contributed by atoms with van der Waals surface area (Å²) in [6.45, 7) is 12.9. The molecule has 0 aliphatic rings. The maximum Gasteiger partial charge on any atom is 0.203 e. The maximum atomic E-state index is 4.89. The predicted octanol–water partition coefficient (Wildman–Crippen LogP) is 5.65. The molecule has 0 aromatic heterocycles. The average Bonchev–Trinajstić information content (AvgIpc) is 2.54. The van der Waals surface area contributed by atoms with Crippen molar-refractivity contribution in [2.24, 2.45) is 4.99 Å². The van der Waals surface area contributed by atoms with Crippen LogP contribution in [-0.4, -0.2) is 18.0 Å². The molecule has 134 valence electrons. The number of rotatable bonds is 5. The Balaban J connectivity index is 2.44. The molecule has 25 heavy (non-hydrogen) atoms. The SMILES string of the molecule is CCc1cccc(N(C(=NC(C)C)Nc2cccc(C)c2)C(C)C)c1. The second kappa shape index (κ2) is 8.70. The highest BCUT2D eigenvalue weighted by Gasteiger charge is 2.18. The summed E-state index contributed by atoms with van der Waals surface area (Å²) < 4.78 is 0. The summed E-state index contributed by atoms with van der Waals surface area (Å²) in [7, 11) is 0. The summed E-state index contributed by atoms with van der Waals surface area (Å²) in [5.74, 6) is 0.892. The number of hydrogen-bond acceptors (Lipinski definition) is 1. The Morgan fingerprint density at radius 1 is 1.04 bits per heavy atom. The van der Waals surface area contributed by atoms with Gasteiger partial charge in [-0.1, -0.05) is 31.2 Å². The highest BCUT2D eigenvalue weighted by molar-refractivity contribution is 6.06. The summed E-state index contributed by atoms with van der Waals surface area (Å²) in [5, 5.41) is 3.54. The fourth-order valence-electron chi connectivity index (χ4n) is 2.84. The largest absolute Gasteiger partial charge is 0.326 e. The van der Waals surface area contributed by atoms with Crippen molar-refractivity contribution in [3.8, 4) is 0 Å². The molecule has 0 radical (unpaired) electrons. The molecule has 0 aliphatic carbocycles. The third-order valence-corrected chi connectivity index (χ3v) is 4.00. The lowest BCUT2D eigenvalue weighted by Gasteiger charge is -2.31. The Morgan fingerprint density at radius 2 is 1.76 bits per heavy atom. The van der Waals surface area contributed by atoms with E-state index in [1.807, 2.05) is 0 Å². The minimum atomic E-state index is 0.211. The van der Waals surface area contributed by atoms with Crippen LogP contribution in [0.1, 0.15) is 45.7 Å². The second-order valence-electron chi connectivity index (χ2n) is 7.03. The fourth-order valence-corrected chi connectivity index (χ4v) is 2.84. The Hall–Kier alpha value is -2.29. The van der Waals surface area contributed by atoms with Crippen LogP contribution in [0, 0.1) is 6.92 Å². The van der Waals surface area contributed by atoms with E-state index in [2.05, 4.69) is 100 Å². The van der Waals surface area contributed by atoms with Crippen molar-refractivity contribution in [2.45, 2.75) is 60.0 Å². The standard InChI is InChI=1S/C22H31N3/c1-7-19-11-9-13-21(15-19)25(17(4)5)22(23-16(2)3)24-20-12-8-10-18(6)14-20/h8-17H,7H2,1-6H3,(H,23,24). The molecule has 0 bridgehead atoms. The van der Waals surface area contributed by atoms with Crippen LogP contribution in [0.3, 0.4) is 0 Å². The van der Waals surface area contributed by atoms with Gasteiger partial charge in [0.15, 0.2) is 0 Å². The van der Waals surface area contributed by atoms with E-state index < -0.39 is 0 Å². The minimum Gasteiger partial charge on any atom is -0.326 e. The lowest BCUT2D eigenvalue weighted by Crippen LogP contribution is -2.42. The molecule has 0 saturated carbocycles. The van der Waals surface area contributed by atoms with Crippen LogP contribution in [-0.2, 0) is 6.42 Å². The van der Waals surface area contributed by atoms with Crippen LogP contribution >= 0.6 is 0 Å². The maximum absolute atomic E-state index is 4.89. The van der Waals surface area contributed by atoms with Crippen molar-refractivity contribution < 1.29 is 0 Å². The Bertz CT molecular complexity index is 717. The Labute approximate surface area is 152 Å². The van der Waals surface area contributed by atoms with Crippen molar-refractivity contribution in [1.29, 1.82) is 0 Å². The first kappa shape index (κ1) is 19.0. The zero-order valence-corrected chi connectivity index (χ0v) is 16.4. The molecule has 0 heterocycles. The van der Waals surface area contributed by atoms with Gasteiger partial charge in [0.25, 0.3) is 0 Å². The molecule has 1 N–H and O–H groups in total. The topological polar surface area (TPSA) is 27.6 Å². The minimum absolute atomic E-state index is 0.211. The first-order valence-corrected chi connectivity index (χ1v) is 9.20. The molecular formula is C22H31N3. The van der Waals surface area contributed by atoms with Gasteiger partial charge >= 0.3 is 0 Å². The monoisotopic (exact) mass is 337 g/mol. The van der Waals surface area contributed by atoms with Gasteiger partial charge in [0.1, 0.15) is 0 Å². The summed E-state index contributed by atoms with van der Waals surface area (Å²) in [6.07, 6.45) is 1.03. The Kier molecular flexibility index (Phi) is 6.63. The third kappa shape index (κ3) is 5.35. The van der Waals surface area contributed by atoms with Gasteiger partial charge in [-0.2, -0.15) is 0 Å². The molecule has 0 spiro atoms. The van der Waals surface area contributed by atoms with Crippen LogP contribution in [0.25, 0.3) is 0 Å². The number of aliphatic imine (C=N–C) groups is 1. The van der Waals surface area contributed by atoms with Gasteiger partial charge in [-0.3, -0.25) is 0 Å². The van der Waals surface area contributed by atoms with E-state index in [1.165, 1.54) is 16.8 Å².